The molecule has 3 heteroatoms. The molecule has 0 radical (unpaired) electrons. The molecule has 0 saturated carbocycles. The summed E-state index contributed by atoms with van der Waals surface area (Å²) < 4.78 is 0. The maximum atomic E-state index is 9.00. The van der Waals surface area contributed by atoms with Crippen molar-refractivity contribution >= 4 is 5.97 Å². The van der Waals surface area contributed by atoms with Crippen LogP contribution < -0.4 is 0 Å². The Morgan fingerprint density at radius 3 is 2.23 bits per heavy atom. The summed E-state index contributed by atoms with van der Waals surface area (Å²) in [5, 5.41) is 7.42. The van der Waals surface area contributed by atoms with E-state index in [0.717, 1.165) is 6.92 Å². The van der Waals surface area contributed by atoms with Crippen LogP contribution in [-0.2, 0) is 4.79 Å². The normalized spacial score (nSPS) is 16.5. The second kappa shape index (κ2) is 8.05. The molecule has 0 unspecified atom stereocenters. The number of rotatable bonds is 3. The number of nitrogens with zero attached hydrogens (tertiary/aromatic N) is 1. The highest BCUT2D eigenvalue weighted by atomic mass is 16.4. The first-order valence-corrected chi connectivity index (χ1v) is 5.08. The van der Waals surface area contributed by atoms with E-state index in [-0.39, 0.29) is 0 Å². The SMILES string of the molecule is CC(=O)O.CCCCN1CCCC1. The van der Waals surface area contributed by atoms with Gasteiger partial charge in [-0.1, -0.05) is 13.3 Å². The lowest BCUT2D eigenvalue weighted by Gasteiger charge is -2.12. The van der Waals surface area contributed by atoms with Crippen LogP contribution in [0, 0.1) is 0 Å². The second-order valence-electron chi connectivity index (χ2n) is 3.42. The molecule has 1 saturated heterocycles. The Bertz CT molecular complexity index is 127. The molecule has 0 aliphatic carbocycles. The highest BCUT2D eigenvalue weighted by Crippen LogP contribution is 2.07. The van der Waals surface area contributed by atoms with E-state index in [4.69, 9.17) is 9.90 Å². The Kier molecular flexibility index (Phi) is 7.69. The summed E-state index contributed by atoms with van der Waals surface area (Å²) in [6.45, 7) is 7.41. The molecule has 1 N–H and O–H groups in total. The van der Waals surface area contributed by atoms with E-state index in [1.54, 1.807) is 0 Å². The van der Waals surface area contributed by atoms with Crippen LogP contribution >= 0.6 is 0 Å². The smallest absolute Gasteiger partial charge is 0.300 e. The summed E-state index contributed by atoms with van der Waals surface area (Å²) in [7, 11) is 0. The molecule has 0 atom stereocenters. The van der Waals surface area contributed by atoms with Crippen LogP contribution in [0.5, 0.6) is 0 Å². The number of hydrogen-bond donors (Lipinski definition) is 1. The molecule has 0 spiro atoms. The van der Waals surface area contributed by atoms with E-state index in [1.165, 1.54) is 45.3 Å². The molecule has 13 heavy (non-hydrogen) atoms. The average molecular weight is 187 g/mol. The minimum Gasteiger partial charge on any atom is -0.481 e. The molecule has 0 aromatic rings. The Morgan fingerprint density at radius 2 is 1.85 bits per heavy atom. The van der Waals surface area contributed by atoms with Gasteiger partial charge in [0.25, 0.3) is 5.97 Å². The molecule has 0 bridgehead atoms. The van der Waals surface area contributed by atoms with Crippen molar-refractivity contribution in [3.05, 3.63) is 0 Å². The molecule has 0 amide bonds. The molecular formula is C10H21NO2. The summed E-state index contributed by atoms with van der Waals surface area (Å²) in [5.41, 5.74) is 0. The van der Waals surface area contributed by atoms with Crippen molar-refractivity contribution in [3.63, 3.8) is 0 Å². The molecule has 1 fully saturated rings. The third-order valence-corrected chi connectivity index (χ3v) is 2.03. The van der Waals surface area contributed by atoms with E-state index >= 15 is 0 Å². The lowest BCUT2D eigenvalue weighted by molar-refractivity contribution is -0.134. The van der Waals surface area contributed by atoms with E-state index < -0.39 is 5.97 Å². The van der Waals surface area contributed by atoms with Gasteiger partial charge in [0.2, 0.25) is 0 Å². The standard InChI is InChI=1S/C8H17N.C2H4O2/c1-2-3-6-9-7-4-5-8-9;1-2(3)4/h2-8H2,1H3;1H3,(H,3,4). The van der Waals surface area contributed by atoms with Crippen LogP contribution in [0.2, 0.25) is 0 Å². The highest BCUT2D eigenvalue weighted by molar-refractivity contribution is 5.62. The fraction of sp³-hybridized carbons (Fsp3) is 0.900. The summed E-state index contributed by atoms with van der Waals surface area (Å²) in [4.78, 5) is 11.6. The second-order valence-corrected chi connectivity index (χ2v) is 3.42. The van der Waals surface area contributed by atoms with Crippen LogP contribution in [0.1, 0.15) is 39.5 Å². The molecule has 1 heterocycles. The third kappa shape index (κ3) is 9.34. The Hall–Kier alpha value is -0.570. The van der Waals surface area contributed by atoms with Crippen molar-refractivity contribution in [2.45, 2.75) is 39.5 Å². The fourth-order valence-electron chi connectivity index (χ4n) is 1.39. The zero-order valence-electron chi connectivity index (χ0n) is 8.75. The van der Waals surface area contributed by atoms with Gasteiger partial charge >= 0.3 is 0 Å². The predicted octanol–water partition coefficient (Wildman–Crippen LogP) is 1.97. The van der Waals surface area contributed by atoms with Gasteiger partial charge in [-0.15, -0.1) is 0 Å². The minimum absolute atomic E-state index is 0.833. The lowest BCUT2D eigenvalue weighted by Crippen LogP contribution is -2.19. The number of unbranched alkanes of at least 4 members (excludes halogenated alkanes) is 1. The Morgan fingerprint density at radius 1 is 1.38 bits per heavy atom. The molecule has 1 rings (SSSR count). The maximum Gasteiger partial charge on any atom is 0.300 e. The number of carbonyl (C=O) groups is 1. The van der Waals surface area contributed by atoms with Gasteiger partial charge in [-0.05, 0) is 38.9 Å². The molecule has 0 aromatic carbocycles. The number of likely N-dealkylation sites (tertiary alicyclic amines) is 1. The molecule has 78 valence electrons. The highest BCUT2D eigenvalue weighted by Gasteiger charge is 2.08. The van der Waals surface area contributed by atoms with E-state index in [2.05, 4.69) is 11.8 Å². The molecule has 1 aliphatic heterocycles. The Balaban J connectivity index is 0.000000310. The van der Waals surface area contributed by atoms with Crippen molar-refractivity contribution in [2.24, 2.45) is 0 Å². The van der Waals surface area contributed by atoms with Gasteiger partial charge in [0, 0.05) is 6.92 Å². The van der Waals surface area contributed by atoms with Gasteiger partial charge in [0.15, 0.2) is 0 Å². The minimum atomic E-state index is -0.833. The number of carboxylic acids is 1. The van der Waals surface area contributed by atoms with Gasteiger partial charge < -0.3 is 10.0 Å². The summed E-state index contributed by atoms with van der Waals surface area (Å²) in [5.74, 6) is -0.833. The summed E-state index contributed by atoms with van der Waals surface area (Å²) in [6.07, 6.45) is 5.60. The monoisotopic (exact) mass is 187 g/mol. The zero-order valence-corrected chi connectivity index (χ0v) is 8.75. The first-order chi connectivity index (χ1) is 6.16. The lowest BCUT2D eigenvalue weighted by atomic mass is 10.3. The zero-order chi connectivity index (χ0) is 10.1. The molecule has 0 aromatic heterocycles. The fourth-order valence-corrected chi connectivity index (χ4v) is 1.39. The topological polar surface area (TPSA) is 40.5 Å². The van der Waals surface area contributed by atoms with Crippen molar-refractivity contribution in [1.82, 2.24) is 4.90 Å². The molecule has 1 aliphatic rings. The molecule has 3 nitrogen and oxygen atoms in total. The largest absolute Gasteiger partial charge is 0.481 e. The molecular weight excluding hydrogens is 166 g/mol. The van der Waals surface area contributed by atoms with Crippen LogP contribution in [0.25, 0.3) is 0 Å². The van der Waals surface area contributed by atoms with Gasteiger partial charge in [-0.2, -0.15) is 0 Å². The van der Waals surface area contributed by atoms with Gasteiger partial charge in [0.05, 0.1) is 0 Å². The van der Waals surface area contributed by atoms with Crippen LogP contribution in [0.3, 0.4) is 0 Å². The number of aliphatic carboxylic acids is 1. The van der Waals surface area contributed by atoms with Crippen molar-refractivity contribution < 1.29 is 9.90 Å². The van der Waals surface area contributed by atoms with E-state index in [0.29, 0.717) is 0 Å². The van der Waals surface area contributed by atoms with Gasteiger partial charge in [-0.25, -0.2) is 0 Å². The van der Waals surface area contributed by atoms with Crippen molar-refractivity contribution in [3.8, 4) is 0 Å². The third-order valence-electron chi connectivity index (χ3n) is 2.03. The van der Waals surface area contributed by atoms with Crippen molar-refractivity contribution in [1.29, 1.82) is 0 Å². The maximum absolute atomic E-state index is 9.00. The van der Waals surface area contributed by atoms with Gasteiger partial charge in [-0.3, -0.25) is 4.79 Å². The van der Waals surface area contributed by atoms with Crippen molar-refractivity contribution in [2.75, 3.05) is 19.6 Å². The quantitative estimate of drug-likeness (QED) is 0.734. The van der Waals surface area contributed by atoms with Gasteiger partial charge in [0.1, 0.15) is 0 Å². The average Bonchev–Trinajstić information content (AvgIpc) is 2.51. The first kappa shape index (κ1) is 12.4. The van der Waals surface area contributed by atoms with E-state index in [1.807, 2.05) is 0 Å². The summed E-state index contributed by atoms with van der Waals surface area (Å²) in [6, 6.07) is 0. The number of hydrogen-bond acceptors (Lipinski definition) is 2. The predicted molar refractivity (Wildman–Crippen MR) is 53.9 cm³/mol. The summed E-state index contributed by atoms with van der Waals surface area (Å²) >= 11 is 0. The van der Waals surface area contributed by atoms with Crippen LogP contribution in [-0.4, -0.2) is 35.6 Å². The first-order valence-electron chi connectivity index (χ1n) is 5.08. The van der Waals surface area contributed by atoms with Crippen LogP contribution in [0.4, 0.5) is 0 Å². The Labute approximate surface area is 80.7 Å². The van der Waals surface area contributed by atoms with E-state index in [9.17, 15) is 0 Å². The number of carboxylic acid groups (broad SMARTS) is 1. The van der Waals surface area contributed by atoms with Crippen LogP contribution in [0.15, 0.2) is 0 Å².